The largest absolute Gasteiger partial charge is 0.286 e. The Morgan fingerprint density at radius 3 is 2.60 bits per heavy atom. The molecule has 1 aromatic carbocycles. The highest BCUT2D eigenvalue weighted by atomic mass is 35.5. The van der Waals surface area contributed by atoms with Gasteiger partial charge in [-0.3, -0.25) is 4.42 Å². The molecule has 1 nitrogen and oxygen atoms in total. The monoisotopic (exact) mass is 154 g/mol. The molecule has 0 amide bonds. The van der Waals surface area contributed by atoms with Gasteiger partial charge >= 0.3 is 0 Å². The average molecular weight is 155 g/mol. The number of nitrogens with zero attached hydrogens (tertiary/aromatic N) is 1. The molecule has 53 valence electrons. The highest BCUT2D eigenvalue weighted by Gasteiger charge is 1.95. The van der Waals surface area contributed by atoms with Crippen molar-refractivity contribution in [3.8, 4) is 0 Å². The van der Waals surface area contributed by atoms with Crippen LogP contribution in [-0.4, -0.2) is 6.54 Å². The summed E-state index contributed by atoms with van der Waals surface area (Å²) < 4.78 is 1.66. The van der Waals surface area contributed by atoms with Gasteiger partial charge in [0.25, 0.3) is 0 Å². The van der Waals surface area contributed by atoms with E-state index in [1.807, 2.05) is 31.2 Å². The minimum absolute atomic E-state index is 0.811. The predicted octanol–water partition coefficient (Wildman–Crippen LogP) is 2.47. The van der Waals surface area contributed by atoms with Crippen LogP contribution in [0, 0.1) is 6.07 Å². The first-order valence-corrected chi connectivity index (χ1v) is 3.58. The molecule has 0 heterocycles. The van der Waals surface area contributed by atoms with E-state index in [1.54, 1.807) is 4.42 Å². The molecule has 0 fully saturated rings. The quantitative estimate of drug-likeness (QED) is 0.592. The molecule has 0 aromatic heterocycles. The number of benzene rings is 1. The fraction of sp³-hybridized carbons (Fsp3) is 0.250. The first kappa shape index (κ1) is 7.42. The van der Waals surface area contributed by atoms with E-state index in [0.717, 1.165) is 12.2 Å². The average Bonchev–Trinajstić information content (AvgIpc) is 2.05. The summed E-state index contributed by atoms with van der Waals surface area (Å²) in [5.74, 6) is 0. The maximum absolute atomic E-state index is 5.81. The molecular formula is C8H9ClN. The van der Waals surface area contributed by atoms with Crippen molar-refractivity contribution in [1.82, 2.24) is 0 Å². The maximum Gasteiger partial charge on any atom is 0.0523 e. The summed E-state index contributed by atoms with van der Waals surface area (Å²) in [5.41, 5.74) is 1.02. The van der Waals surface area contributed by atoms with Gasteiger partial charge in [-0.05, 0) is 25.1 Å². The first-order valence-electron chi connectivity index (χ1n) is 3.24. The van der Waals surface area contributed by atoms with Crippen LogP contribution in [0.4, 0.5) is 5.69 Å². The summed E-state index contributed by atoms with van der Waals surface area (Å²) in [5, 5.41) is 0. The second-order valence-electron chi connectivity index (χ2n) is 1.94. The summed E-state index contributed by atoms with van der Waals surface area (Å²) in [6.45, 7) is 2.81. The Morgan fingerprint density at radius 1 is 1.50 bits per heavy atom. The van der Waals surface area contributed by atoms with Crippen LogP contribution in [0.5, 0.6) is 0 Å². The Balaban J connectivity index is 2.75. The van der Waals surface area contributed by atoms with Gasteiger partial charge in [0.15, 0.2) is 0 Å². The van der Waals surface area contributed by atoms with Crippen molar-refractivity contribution < 1.29 is 0 Å². The van der Waals surface area contributed by atoms with Crippen LogP contribution in [0.25, 0.3) is 0 Å². The summed E-state index contributed by atoms with van der Waals surface area (Å²) >= 11 is 5.81. The molecule has 0 aliphatic carbocycles. The van der Waals surface area contributed by atoms with Crippen molar-refractivity contribution in [1.29, 1.82) is 0 Å². The lowest BCUT2D eigenvalue weighted by Crippen LogP contribution is -2.07. The van der Waals surface area contributed by atoms with Gasteiger partial charge in [-0.25, -0.2) is 0 Å². The van der Waals surface area contributed by atoms with E-state index >= 15 is 0 Å². The molecule has 0 unspecified atom stereocenters. The number of hydrogen-bond acceptors (Lipinski definition) is 1. The zero-order valence-electron chi connectivity index (χ0n) is 5.84. The van der Waals surface area contributed by atoms with E-state index in [4.69, 9.17) is 11.8 Å². The van der Waals surface area contributed by atoms with Crippen LogP contribution >= 0.6 is 11.8 Å². The van der Waals surface area contributed by atoms with Gasteiger partial charge in [-0.2, -0.15) is 0 Å². The van der Waals surface area contributed by atoms with E-state index in [0.29, 0.717) is 0 Å². The van der Waals surface area contributed by atoms with E-state index < -0.39 is 0 Å². The molecule has 10 heavy (non-hydrogen) atoms. The van der Waals surface area contributed by atoms with Crippen LogP contribution in [0.2, 0.25) is 0 Å². The molecule has 1 aromatic rings. The van der Waals surface area contributed by atoms with E-state index in [2.05, 4.69) is 6.07 Å². The molecule has 0 saturated carbocycles. The Bertz CT molecular complexity index is 186. The van der Waals surface area contributed by atoms with Crippen LogP contribution < -0.4 is 4.42 Å². The van der Waals surface area contributed by atoms with Crippen LogP contribution in [0.1, 0.15) is 6.92 Å². The Hall–Kier alpha value is -0.690. The minimum atomic E-state index is 0.811. The lowest BCUT2D eigenvalue weighted by molar-refractivity contribution is 1.10. The normalized spacial score (nSPS) is 9.40. The van der Waals surface area contributed by atoms with Crippen molar-refractivity contribution in [2.24, 2.45) is 0 Å². The summed E-state index contributed by atoms with van der Waals surface area (Å²) in [7, 11) is 0. The van der Waals surface area contributed by atoms with Crippen molar-refractivity contribution in [2.45, 2.75) is 6.92 Å². The molecule has 0 N–H and O–H groups in total. The van der Waals surface area contributed by atoms with Crippen LogP contribution in [0.15, 0.2) is 24.3 Å². The Morgan fingerprint density at radius 2 is 2.10 bits per heavy atom. The molecule has 0 bridgehead atoms. The summed E-state index contributed by atoms with van der Waals surface area (Å²) in [4.78, 5) is 0. The lowest BCUT2D eigenvalue weighted by atomic mass is 10.3. The molecule has 2 heteroatoms. The van der Waals surface area contributed by atoms with Crippen LogP contribution in [-0.2, 0) is 0 Å². The minimum Gasteiger partial charge on any atom is -0.286 e. The summed E-state index contributed by atoms with van der Waals surface area (Å²) in [6.07, 6.45) is 0. The van der Waals surface area contributed by atoms with Gasteiger partial charge in [-0.1, -0.05) is 12.1 Å². The van der Waals surface area contributed by atoms with Gasteiger partial charge in [0, 0.05) is 18.3 Å². The highest BCUT2D eigenvalue weighted by Crippen LogP contribution is 2.13. The van der Waals surface area contributed by atoms with Gasteiger partial charge in [0.1, 0.15) is 0 Å². The third-order valence-corrected chi connectivity index (χ3v) is 1.69. The third-order valence-electron chi connectivity index (χ3n) is 1.26. The zero-order valence-corrected chi connectivity index (χ0v) is 6.60. The lowest BCUT2D eigenvalue weighted by Gasteiger charge is -2.11. The van der Waals surface area contributed by atoms with E-state index in [-0.39, 0.29) is 0 Å². The number of hydrogen-bond donors (Lipinski definition) is 0. The maximum atomic E-state index is 5.81. The first-order chi connectivity index (χ1) is 4.84. The molecule has 0 saturated heterocycles. The second kappa shape index (κ2) is 3.47. The molecule has 0 aliphatic heterocycles. The molecule has 1 rings (SSSR count). The topological polar surface area (TPSA) is 3.24 Å². The van der Waals surface area contributed by atoms with Crippen molar-refractivity contribution >= 4 is 17.5 Å². The number of rotatable bonds is 2. The third kappa shape index (κ3) is 1.64. The van der Waals surface area contributed by atoms with Gasteiger partial charge in [-0.15, -0.1) is 0 Å². The number of halogens is 1. The highest BCUT2D eigenvalue weighted by molar-refractivity contribution is 6.25. The SMILES string of the molecule is CCN(Cl)c1cc[c]cc1. The van der Waals surface area contributed by atoms with Crippen LogP contribution in [0.3, 0.4) is 0 Å². The second-order valence-corrected chi connectivity index (χ2v) is 2.34. The molecule has 0 atom stereocenters. The fourth-order valence-corrected chi connectivity index (χ4v) is 0.835. The van der Waals surface area contributed by atoms with Gasteiger partial charge in [0.2, 0.25) is 0 Å². The van der Waals surface area contributed by atoms with Gasteiger partial charge < -0.3 is 0 Å². The fourth-order valence-electron chi connectivity index (χ4n) is 0.722. The van der Waals surface area contributed by atoms with Crippen molar-refractivity contribution in [3.05, 3.63) is 30.3 Å². The number of anilines is 1. The Kier molecular flexibility index (Phi) is 2.57. The standard InChI is InChI=1S/C8H9ClN/c1-2-10(9)8-6-4-3-5-7-8/h4-7H,2H2,1H3. The molecular weight excluding hydrogens is 146 g/mol. The molecule has 1 radical (unpaired) electrons. The summed E-state index contributed by atoms with van der Waals surface area (Å²) in [6, 6.07) is 10.5. The molecule has 0 aliphatic rings. The van der Waals surface area contributed by atoms with E-state index in [9.17, 15) is 0 Å². The smallest absolute Gasteiger partial charge is 0.0523 e. The predicted molar refractivity (Wildman–Crippen MR) is 44.2 cm³/mol. The molecule has 0 spiro atoms. The van der Waals surface area contributed by atoms with Gasteiger partial charge in [0.05, 0.1) is 5.69 Å². The van der Waals surface area contributed by atoms with Crippen molar-refractivity contribution in [3.63, 3.8) is 0 Å². The zero-order chi connectivity index (χ0) is 7.40. The van der Waals surface area contributed by atoms with Crippen molar-refractivity contribution in [2.75, 3.05) is 11.0 Å². The van der Waals surface area contributed by atoms with E-state index in [1.165, 1.54) is 0 Å². The Labute approximate surface area is 66.3 Å².